The van der Waals surface area contributed by atoms with Crippen LogP contribution in [0.1, 0.15) is 26.7 Å². The van der Waals surface area contributed by atoms with Crippen molar-refractivity contribution in [3.63, 3.8) is 0 Å². The van der Waals surface area contributed by atoms with Crippen molar-refractivity contribution in [2.75, 3.05) is 20.2 Å². The van der Waals surface area contributed by atoms with Crippen molar-refractivity contribution in [3.05, 3.63) is 0 Å². The lowest BCUT2D eigenvalue weighted by Gasteiger charge is -2.24. The fraction of sp³-hybridized carbons (Fsp3) is 0.900. The zero-order valence-electron chi connectivity index (χ0n) is 9.63. The number of ether oxygens (including phenoxy) is 1. The second-order valence-corrected chi connectivity index (χ2v) is 4.33. The molecule has 1 saturated heterocycles. The highest BCUT2D eigenvalue weighted by Crippen LogP contribution is 2.07. The Balaban J connectivity index is 0.00000196. The number of amides is 1. The molecule has 1 rings (SSSR count). The van der Waals surface area contributed by atoms with Crippen molar-refractivity contribution in [2.24, 2.45) is 0 Å². The summed E-state index contributed by atoms with van der Waals surface area (Å²) in [5.41, 5.74) is -0.283. The summed E-state index contributed by atoms with van der Waals surface area (Å²) < 4.78 is 5.22. The van der Waals surface area contributed by atoms with Gasteiger partial charge in [-0.2, -0.15) is 0 Å². The molecule has 0 bridgehead atoms. The van der Waals surface area contributed by atoms with Crippen molar-refractivity contribution in [3.8, 4) is 0 Å². The third kappa shape index (κ3) is 4.82. The molecule has 1 fully saturated rings. The van der Waals surface area contributed by atoms with E-state index in [1.165, 1.54) is 0 Å². The molecule has 2 N–H and O–H groups in total. The zero-order chi connectivity index (χ0) is 10.6. The van der Waals surface area contributed by atoms with Crippen LogP contribution in [-0.4, -0.2) is 37.7 Å². The molecule has 0 unspecified atom stereocenters. The Bertz CT molecular complexity index is 204. The number of halogens is 1. The van der Waals surface area contributed by atoms with E-state index < -0.39 is 0 Å². The molecule has 1 atom stereocenters. The van der Waals surface area contributed by atoms with E-state index in [1.54, 1.807) is 7.11 Å². The van der Waals surface area contributed by atoms with Gasteiger partial charge in [0.2, 0.25) is 5.91 Å². The normalized spacial score (nSPS) is 20.9. The maximum Gasteiger partial charge on any atom is 0.237 e. The minimum atomic E-state index is -0.283. The van der Waals surface area contributed by atoms with Gasteiger partial charge in [-0.25, -0.2) is 0 Å². The lowest BCUT2D eigenvalue weighted by Crippen LogP contribution is -2.46. The van der Waals surface area contributed by atoms with E-state index in [1.807, 2.05) is 13.8 Å². The van der Waals surface area contributed by atoms with Gasteiger partial charge in [0.1, 0.15) is 0 Å². The van der Waals surface area contributed by atoms with Gasteiger partial charge in [0.25, 0.3) is 0 Å². The molecule has 1 aliphatic rings. The molecule has 90 valence electrons. The van der Waals surface area contributed by atoms with Gasteiger partial charge in [0.05, 0.1) is 11.6 Å². The number of rotatable bonds is 4. The molecule has 1 aliphatic heterocycles. The lowest BCUT2D eigenvalue weighted by atomic mass is 10.1. The SMILES string of the molecule is COC(C)(C)CNC(=O)[C@@H]1CCCN1.Cl. The first kappa shape index (κ1) is 14.7. The summed E-state index contributed by atoms with van der Waals surface area (Å²) in [5, 5.41) is 6.05. The van der Waals surface area contributed by atoms with E-state index in [9.17, 15) is 4.79 Å². The first-order valence-electron chi connectivity index (χ1n) is 5.11. The second kappa shape index (κ2) is 6.30. The maximum absolute atomic E-state index is 11.6. The van der Waals surface area contributed by atoms with Gasteiger partial charge in [-0.15, -0.1) is 12.4 Å². The topological polar surface area (TPSA) is 50.4 Å². The molecule has 0 aromatic carbocycles. The quantitative estimate of drug-likeness (QED) is 0.756. The summed E-state index contributed by atoms with van der Waals surface area (Å²) in [6.45, 7) is 5.41. The van der Waals surface area contributed by atoms with Crippen LogP contribution < -0.4 is 10.6 Å². The van der Waals surface area contributed by atoms with Crippen LogP contribution in [0.3, 0.4) is 0 Å². The monoisotopic (exact) mass is 236 g/mol. The molecule has 4 nitrogen and oxygen atoms in total. The Morgan fingerprint density at radius 3 is 2.73 bits per heavy atom. The van der Waals surface area contributed by atoms with Crippen LogP contribution in [0.4, 0.5) is 0 Å². The summed E-state index contributed by atoms with van der Waals surface area (Å²) in [4.78, 5) is 11.6. The highest BCUT2D eigenvalue weighted by Gasteiger charge is 2.24. The summed E-state index contributed by atoms with van der Waals surface area (Å²) in [6.07, 6.45) is 2.03. The largest absolute Gasteiger partial charge is 0.377 e. The van der Waals surface area contributed by atoms with E-state index in [0.717, 1.165) is 19.4 Å². The summed E-state index contributed by atoms with van der Waals surface area (Å²) >= 11 is 0. The summed E-state index contributed by atoms with van der Waals surface area (Å²) in [5.74, 6) is 0.0904. The molecule has 1 amide bonds. The van der Waals surface area contributed by atoms with E-state index in [-0.39, 0.29) is 30.0 Å². The third-order valence-electron chi connectivity index (χ3n) is 2.62. The predicted molar refractivity (Wildman–Crippen MR) is 62.4 cm³/mol. The summed E-state index contributed by atoms with van der Waals surface area (Å²) in [7, 11) is 1.65. The van der Waals surface area contributed by atoms with Crippen molar-refractivity contribution in [1.82, 2.24) is 10.6 Å². The molecule has 0 radical (unpaired) electrons. The van der Waals surface area contributed by atoms with E-state index in [4.69, 9.17) is 4.74 Å². The number of carbonyl (C=O) groups excluding carboxylic acids is 1. The highest BCUT2D eigenvalue weighted by atomic mass is 35.5. The van der Waals surface area contributed by atoms with E-state index >= 15 is 0 Å². The number of methoxy groups -OCH3 is 1. The fourth-order valence-corrected chi connectivity index (χ4v) is 1.40. The zero-order valence-corrected chi connectivity index (χ0v) is 10.4. The van der Waals surface area contributed by atoms with Crippen LogP contribution in [0.25, 0.3) is 0 Å². The Morgan fingerprint density at radius 1 is 1.60 bits per heavy atom. The van der Waals surface area contributed by atoms with Gasteiger partial charge in [0.15, 0.2) is 0 Å². The third-order valence-corrected chi connectivity index (χ3v) is 2.62. The van der Waals surface area contributed by atoms with Crippen molar-refractivity contribution >= 4 is 18.3 Å². The molecule has 0 aromatic heterocycles. The maximum atomic E-state index is 11.6. The molecule has 1 heterocycles. The average molecular weight is 237 g/mol. The van der Waals surface area contributed by atoms with E-state index in [0.29, 0.717) is 6.54 Å². The van der Waals surface area contributed by atoms with Gasteiger partial charge in [0, 0.05) is 13.7 Å². The van der Waals surface area contributed by atoms with Gasteiger partial charge >= 0.3 is 0 Å². The molecule has 0 spiro atoms. The van der Waals surface area contributed by atoms with Crippen molar-refractivity contribution in [2.45, 2.75) is 38.3 Å². The van der Waals surface area contributed by atoms with Gasteiger partial charge in [-0.05, 0) is 33.2 Å². The van der Waals surface area contributed by atoms with Crippen LogP contribution in [-0.2, 0) is 9.53 Å². The minimum Gasteiger partial charge on any atom is -0.377 e. The molecular weight excluding hydrogens is 216 g/mol. The van der Waals surface area contributed by atoms with Gasteiger partial charge < -0.3 is 15.4 Å². The Hall–Kier alpha value is -0.320. The van der Waals surface area contributed by atoms with Gasteiger partial charge in [-0.3, -0.25) is 4.79 Å². The van der Waals surface area contributed by atoms with Crippen LogP contribution in [0.2, 0.25) is 0 Å². The predicted octanol–water partition coefficient (Wildman–Crippen LogP) is 0.701. The van der Waals surface area contributed by atoms with Crippen LogP contribution >= 0.6 is 12.4 Å². The molecule has 0 aliphatic carbocycles. The highest BCUT2D eigenvalue weighted by molar-refractivity contribution is 5.85. The minimum absolute atomic E-state index is 0. The average Bonchev–Trinajstić information content (AvgIpc) is 2.67. The van der Waals surface area contributed by atoms with Crippen LogP contribution in [0.15, 0.2) is 0 Å². The standard InChI is InChI=1S/C10H20N2O2.ClH/c1-10(2,14-3)7-12-9(13)8-5-4-6-11-8;/h8,11H,4-7H2,1-3H3,(H,12,13);1H/t8-;/m0./s1. The fourth-order valence-electron chi connectivity index (χ4n) is 1.40. The number of nitrogens with one attached hydrogen (secondary N) is 2. The molecule has 0 aromatic rings. The number of carbonyl (C=O) groups is 1. The Morgan fingerprint density at radius 2 is 2.27 bits per heavy atom. The van der Waals surface area contributed by atoms with Crippen molar-refractivity contribution in [1.29, 1.82) is 0 Å². The molecule has 0 saturated carbocycles. The molecule has 15 heavy (non-hydrogen) atoms. The smallest absolute Gasteiger partial charge is 0.237 e. The number of hydrogen-bond acceptors (Lipinski definition) is 3. The lowest BCUT2D eigenvalue weighted by molar-refractivity contribution is -0.124. The number of hydrogen-bond donors (Lipinski definition) is 2. The Kier molecular flexibility index (Phi) is 6.17. The van der Waals surface area contributed by atoms with Crippen LogP contribution in [0, 0.1) is 0 Å². The Labute approximate surface area is 97.5 Å². The molecule has 5 heteroatoms. The second-order valence-electron chi connectivity index (χ2n) is 4.33. The molecular formula is C10H21ClN2O2. The first-order chi connectivity index (χ1) is 6.55. The first-order valence-corrected chi connectivity index (χ1v) is 5.11. The van der Waals surface area contributed by atoms with Gasteiger partial charge in [-0.1, -0.05) is 0 Å². The van der Waals surface area contributed by atoms with Crippen LogP contribution in [0.5, 0.6) is 0 Å². The van der Waals surface area contributed by atoms with Crippen molar-refractivity contribution < 1.29 is 9.53 Å². The summed E-state index contributed by atoms with van der Waals surface area (Å²) in [6, 6.07) is 0.00246. The van der Waals surface area contributed by atoms with E-state index in [2.05, 4.69) is 10.6 Å².